The number of carbonyl (C=O) groups is 1. The summed E-state index contributed by atoms with van der Waals surface area (Å²) in [4.78, 5) is 15.5. The minimum absolute atomic E-state index is 0.0774. The zero-order valence-electron chi connectivity index (χ0n) is 11.9. The largest absolute Gasteiger partial charge is 0.461 e. The molecule has 108 valence electrons. The average molecular weight is 270 g/mol. The van der Waals surface area contributed by atoms with E-state index in [-0.39, 0.29) is 11.7 Å². The summed E-state index contributed by atoms with van der Waals surface area (Å²) in [5.74, 6) is -0.130. The number of hydrogen-bond donors (Lipinski definition) is 1. The number of nitrogens with one attached hydrogen (secondary N) is 1. The second-order valence-electron chi connectivity index (χ2n) is 4.41. The molecule has 0 spiro atoms. The summed E-state index contributed by atoms with van der Waals surface area (Å²) in [5.41, 5.74) is 0.170. The second-order valence-corrected chi connectivity index (χ2v) is 4.41. The van der Waals surface area contributed by atoms with E-state index in [1.54, 1.807) is 6.92 Å². The maximum absolute atomic E-state index is 11.5. The molecule has 1 unspecified atom stereocenters. The molecule has 0 amide bonds. The molecule has 0 bridgehead atoms. The van der Waals surface area contributed by atoms with Crippen LogP contribution in [-0.4, -0.2) is 36.8 Å². The van der Waals surface area contributed by atoms with Gasteiger partial charge in [0.2, 0.25) is 0 Å². The van der Waals surface area contributed by atoms with E-state index >= 15 is 0 Å². The van der Waals surface area contributed by atoms with E-state index in [2.05, 4.69) is 24.1 Å². The van der Waals surface area contributed by atoms with Crippen LogP contribution in [0.5, 0.6) is 0 Å². The molecule has 1 rings (SSSR count). The molecule has 0 aromatic carbocycles. The molecule has 6 heteroatoms. The number of carbonyl (C=O) groups excluding carboxylic acids is 1. The Morgan fingerprint density at radius 3 is 2.74 bits per heavy atom. The van der Waals surface area contributed by atoms with Crippen LogP contribution in [0.1, 0.15) is 38.2 Å². The monoisotopic (exact) mass is 270 g/mol. The smallest absolute Gasteiger partial charge is 0.360 e. The van der Waals surface area contributed by atoms with Crippen molar-refractivity contribution >= 4 is 12.0 Å². The first-order valence-electron chi connectivity index (χ1n) is 6.55. The first kappa shape index (κ1) is 15.5. The van der Waals surface area contributed by atoms with E-state index in [4.69, 9.17) is 13.9 Å². The summed E-state index contributed by atoms with van der Waals surface area (Å²) in [6.07, 6.45) is 1.29. The Morgan fingerprint density at radius 1 is 1.42 bits per heavy atom. The SMILES string of the molecule is CCOCC(Nc1nc(C(=O)OCC)co1)C(C)C. The maximum atomic E-state index is 11.5. The Balaban J connectivity index is 2.62. The van der Waals surface area contributed by atoms with E-state index in [1.165, 1.54) is 6.26 Å². The van der Waals surface area contributed by atoms with Crippen molar-refractivity contribution in [1.82, 2.24) is 4.98 Å². The Bertz CT molecular complexity index is 390. The van der Waals surface area contributed by atoms with Crippen LogP contribution >= 0.6 is 0 Å². The fraction of sp³-hybridized carbons (Fsp3) is 0.692. The topological polar surface area (TPSA) is 73.6 Å². The molecule has 0 aliphatic rings. The molecule has 0 radical (unpaired) electrons. The molecule has 1 aromatic heterocycles. The van der Waals surface area contributed by atoms with Gasteiger partial charge in [-0.1, -0.05) is 13.8 Å². The molecule has 0 saturated carbocycles. The number of esters is 1. The van der Waals surface area contributed by atoms with Crippen molar-refractivity contribution in [2.75, 3.05) is 25.1 Å². The predicted molar refractivity (Wildman–Crippen MR) is 71.2 cm³/mol. The molecule has 1 aromatic rings. The lowest BCUT2D eigenvalue weighted by Crippen LogP contribution is -2.31. The highest BCUT2D eigenvalue weighted by atomic mass is 16.5. The summed E-state index contributed by atoms with van der Waals surface area (Å²) in [6, 6.07) is 0.384. The van der Waals surface area contributed by atoms with Gasteiger partial charge in [-0.05, 0) is 19.8 Å². The first-order chi connectivity index (χ1) is 9.08. The quantitative estimate of drug-likeness (QED) is 0.731. The zero-order chi connectivity index (χ0) is 14.3. The van der Waals surface area contributed by atoms with Crippen LogP contribution in [0.4, 0.5) is 6.01 Å². The summed E-state index contributed by atoms with van der Waals surface area (Å²) in [6.45, 7) is 9.37. The van der Waals surface area contributed by atoms with Gasteiger partial charge in [-0.2, -0.15) is 4.98 Å². The lowest BCUT2D eigenvalue weighted by molar-refractivity contribution is 0.0519. The maximum Gasteiger partial charge on any atom is 0.360 e. The van der Waals surface area contributed by atoms with Crippen LogP contribution in [-0.2, 0) is 9.47 Å². The number of oxazole rings is 1. The molecule has 1 heterocycles. The summed E-state index contributed by atoms with van der Waals surface area (Å²) >= 11 is 0. The fourth-order valence-corrected chi connectivity index (χ4v) is 1.44. The lowest BCUT2D eigenvalue weighted by Gasteiger charge is -2.20. The number of rotatable bonds is 8. The van der Waals surface area contributed by atoms with Crippen molar-refractivity contribution in [3.8, 4) is 0 Å². The van der Waals surface area contributed by atoms with E-state index in [1.807, 2.05) is 6.92 Å². The van der Waals surface area contributed by atoms with Crippen molar-refractivity contribution in [3.05, 3.63) is 12.0 Å². The van der Waals surface area contributed by atoms with Gasteiger partial charge < -0.3 is 19.2 Å². The zero-order valence-corrected chi connectivity index (χ0v) is 11.9. The van der Waals surface area contributed by atoms with Crippen molar-refractivity contribution < 1.29 is 18.7 Å². The molecule has 0 saturated heterocycles. The number of hydrogen-bond acceptors (Lipinski definition) is 6. The van der Waals surface area contributed by atoms with Gasteiger partial charge in [0.1, 0.15) is 6.26 Å². The molecule has 0 aliphatic carbocycles. The molecule has 6 nitrogen and oxygen atoms in total. The molecular formula is C13H22N2O4. The number of aromatic nitrogens is 1. The minimum atomic E-state index is -0.481. The van der Waals surface area contributed by atoms with Crippen LogP contribution in [0.3, 0.4) is 0 Å². The predicted octanol–water partition coefficient (Wildman–Crippen LogP) is 2.32. The Morgan fingerprint density at radius 2 is 2.16 bits per heavy atom. The van der Waals surface area contributed by atoms with E-state index in [0.717, 1.165) is 0 Å². The van der Waals surface area contributed by atoms with Gasteiger partial charge in [-0.15, -0.1) is 0 Å². The van der Waals surface area contributed by atoms with Crippen molar-refractivity contribution in [2.45, 2.75) is 33.7 Å². The summed E-state index contributed by atoms with van der Waals surface area (Å²) < 4.78 is 15.5. The Hall–Kier alpha value is -1.56. The average Bonchev–Trinajstić information content (AvgIpc) is 2.83. The molecular weight excluding hydrogens is 248 g/mol. The second kappa shape index (κ2) is 7.78. The summed E-state index contributed by atoms with van der Waals surface area (Å²) in [5, 5.41) is 3.12. The Kier molecular flexibility index (Phi) is 6.35. The Labute approximate surface area is 113 Å². The highest BCUT2D eigenvalue weighted by Gasteiger charge is 2.18. The standard InChI is InChI=1S/C13H22N2O4/c1-5-17-7-10(9(3)4)14-13-15-11(8-19-13)12(16)18-6-2/h8-10H,5-7H2,1-4H3,(H,14,15). The van der Waals surface area contributed by atoms with Gasteiger partial charge in [0.05, 0.1) is 19.3 Å². The van der Waals surface area contributed by atoms with Gasteiger partial charge in [-0.3, -0.25) is 0 Å². The van der Waals surface area contributed by atoms with Crippen LogP contribution in [0.2, 0.25) is 0 Å². The van der Waals surface area contributed by atoms with Crippen LogP contribution < -0.4 is 5.32 Å². The molecule has 0 aliphatic heterocycles. The first-order valence-corrected chi connectivity index (χ1v) is 6.55. The fourth-order valence-electron chi connectivity index (χ4n) is 1.44. The molecule has 1 N–H and O–H groups in total. The van der Waals surface area contributed by atoms with Crippen molar-refractivity contribution in [2.24, 2.45) is 5.92 Å². The number of anilines is 1. The third-order valence-corrected chi connectivity index (χ3v) is 2.60. The van der Waals surface area contributed by atoms with E-state index in [0.29, 0.717) is 31.8 Å². The molecule has 19 heavy (non-hydrogen) atoms. The van der Waals surface area contributed by atoms with Crippen molar-refractivity contribution in [3.63, 3.8) is 0 Å². The van der Waals surface area contributed by atoms with Gasteiger partial charge in [-0.25, -0.2) is 4.79 Å². The highest BCUT2D eigenvalue weighted by molar-refractivity contribution is 5.87. The summed E-state index contributed by atoms with van der Waals surface area (Å²) in [7, 11) is 0. The van der Waals surface area contributed by atoms with Gasteiger partial charge in [0, 0.05) is 6.61 Å². The van der Waals surface area contributed by atoms with E-state index in [9.17, 15) is 4.79 Å². The highest BCUT2D eigenvalue weighted by Crippen LogP contribution is 2.13. The van der Waals surface area contributed by atoms with Gasteiger partial charge in [0.25, 0.3) is 6.01 Å². The molecule has 1 atom stereocenters. The normalized spacial score (nSPS) is 12.5. The third-order valence-electron chi connectivity index (χ3n) is 2.60. The van der Waals surface area contributed by atoms with Crippen LogP contribution in [0, 0.1) is 5.92 Å². The van der Waals surface area contributed by atoms with Crippen LogP contribution in [0.25, 0.3) is 0 Å². The van der Waals surface area contributed by atoms with Gasteiger partial charge in [0.15, 0.2) is 5.69 Å². The van der Waals surface area contributed by atoms with Crippen LogP contribution in [0.15, 0.2) is 10.7 Å². The molecule has 0 fully saturated rings. The lowest BCUT2D eigenvalue weighted by atomic mass is 10.1. The van der Waals surface area contributed by atoms with E-state index < -0.39 is 5.97 Å². The number of nitrogens with zero attached hydrogens (tertiary/aromatic N) is 1. The third kappa shape index (κ3) is 4.90. The van der Waals surface area contributed by atoms with Gasteiger partial charge >= 0.3 is 5.97 Å². The number of ether oxygens (including phenoxy) is 2. The van der Waals surface area contributed by atoms with Crippen molar-refractivity contribution in [1.29, 1.82) is 0 Å². The minimum Gasteiger partial charge on any atom is -0.461 e.